The molecule has 1 atom stereocenters. The highest BCUT2D eigenvalue weighted by Crippen LogP contribution is 1.97. The minimum absolute atomic E-state index is 0.260. The Morgan fingerprint density at radius 3 is 2.44 bits per heavy atom. The van der Waals surface area contributed by atoms with Crippen molar-refractivity contribution < 1.29 is 19.5 Å². The molecule has 6 nitrogen and oxygen atoms in total. The number of carbonyl (C=O) groups is 3. The molecule has 0 aliphatic heterocycles. The molecular weight excluding hydrogens is 236 g/mol. The van der Waals surface area contributed by atoms with Crippen molar-refractivity contribution in [1.29, 1.82) is 0 Å². The molecule has 0 aromatic rings. The molecule has 18 heavy (non-hydrogen) atoms. The fourth-order valence-corrected chi connectivity index (χ4v) is 1.28. The summed E-state index contributed by atoms with van der Waals surface area (Å²) in [5.41, 5.74) is 0. The smallest absolute Gasteiger partial charge is 0.326 e. The van der Waals surface area contributed by atoms with Crippen LogP contribution in [-0.4, -0.2) is 41.9 Å². The first-order valence-corrected chi connectivity index (χ1v) is 5.90. The number of carbonyl (C=O) groups excluding carboxylic acids is 2. The largest absolute Gasteiger partial charge is 0.480 e. The second-order valence-corrected chi connectivity index (χ2v) is 3.84. The van der Waals surface area contributed by atoms with Gasteiger partial charge < -0.3 is 15.7 Å². The van der Waals surface area contributed by atoms with Crippen molar-refractivity contribution in [3.8, 4) is 0 Å². The van der Waals surface area contributed by atoms with Gasteiger partial charge in [0.2, 0.25) is 5.91 Å². The van der Waals surface area contributed by atoms with Gasteiger partial charge in [-0.25, -0.2) is 4.79 Å². The van der Waals surface area contributed by atoms with E-state index in [4.69, 9.17) is 5.11 Å². The number of allylic oxidation sites excluding steroid dienone is 1. The predicted octanol–water partition coefficient (Wildman–Crippen LogP) is 0.0907. The van der Waals surface area contributed by atoms with Gasteiger partial charge in [-0.1, -0.05) is 6.92 Å². The molecule has 0 heterocycles. The van der Waals surface area contributed by atoms with Gasteiger partial charge in [0.15, 0.2) is 5.78 Å². The monoisotopic (exact) mass is 256 g/mol. The zero-order valence-electron chi connectivity index (χ0n) is 10.7. The molecule has 0 fully saturated rings. The van der Waals surface area contributed by atoms with E-state index in [9.17, 15) is 14.4 Å². The normalized spacial score (nSPS) is 12.3. The van der Waals surface area contributed by atoms with Crippen LogP contribution in [0.25, 0.3) is 0 Å². The van der Waals surface area contributed by atoms with E-state index < -0.39 is 17.9 Å². The Balaban J connectivity index is 4.15. The van der Waals surface area contributed by atoms with Crippen LogP contribution >= 0.6 is 0 Å². The minimum Gasteiger partial charge on any atom is -0.480 e. The molecule has 1 amide bonds. The Morgan fingerprint density at radius 2 is 1.94 bits per heavy atom. The van der Waals surface area contributed by atoms with E-state index >= 15 is 0 Å². The zero-order chi connectivity index (χ0) is 14.0. The van der Waals surface area contributed by atoms with E-state index in [1.54, 1.807) is 0 Å². The maximum atomic E-state index is 11.3. The molecule has 0 spiro atoms. The lowest BCUT2D eigenvalue weighted by molar-refractivity contribution is -0.141. The molecule has 0 bridgehead atoms. The molecule has 0 saturated carbocycles. The van der Waals surface area contributed by atoms with Crippen LogP contribution in [0.2, 0.25) is 0 Å². The van der Waals surface area contributed by atoms with Crippen LogP contribution in [0.1, 0.15) is 26.7 Å². The molecular formula is C12H20N2O4. The van der Waals surface area contributed by atoms with Crippen molar-refractivity contribution >= 4 is 17.7 Å². The van der Waals surface area contributed by atoms with Crippen molar-refractivity contribution in [2.24, 2.45) is 0 Å². The summed E-state index contributed by atoms with van der Waals surface area (Å²) in [4.78, 5) is 32.9. The summed E-state index contributed by atoms with van der Waals surface area (Å²) in [5.74, 6) is -1.90. The lowest BCUT2D eigenvalue weighted by Crippen LogP contribution is -2.40. The van der Waals surface area contributed by atoms with Crippen LogP contribution in [0.5, 0.6) is 0 Å². The molecule has 0 rings (SSSR count). The Morgan fingerprint density at radius 1 is 1.28 bits per heavy atom. The van der Waals surface area contributed by atoms with Crippen molar-refractivity contribution in [3.05, 3.63) is 12.2 Å². The summed E-state index contributed by atoms with van der Waals surface area (Å²) < 4.78 is 0. The average Bonchev–Trinajstić information content (AvgIpc) is 2.30. The second-order valence-electron chi connectivity index (χ2n) is 3.84. The van der Waals surface area contributed by atoms with Crippen LogP contribution in [0.4, 0.5) is 0 Å². The number of carboxylic acid groups (broad SMARTS) is 1. The topological polar surface area (TPSA) is 95.5 Å². The average molecular weight is 256 g/mol. The van der Waals surface area contributed by atoms with Gasteiger partial charge in [-0.05, 0) is 38.9 Å². The third kappa shape index (κ3) is 8.46. The number of hydrogen-bond donors (Lipinski definition) is 3. The maximum Gasteiger partial charge on any atom is 0.326 e. The zero-order valence-corrected chi connectivity index (χ0v) is 10.7. The second kappa shape index (κ2) is 9.35. The maximum absolute atomic E-state index is 11.3. The van der Waals surface area contributed by atoms with Gasteiger partial charge in [0.05, 0.1) is 0 Å². The molecule has 6 heteroatoms. The Hall–Kier alpha value is -1.69. The highest BCUT2D eigenvalue weighted by atomic mass is 16.4. The quantitative estimate of drug-likeness (QED) is 0.401. The van der Waals surface area contributed by atoms with Crippen LogP contribution in [0.15, 0.2) is 12.2 Å². The first-order chi connectivity index (χ1) is 8.47. The molecule has 0 unspecified atom stereocenters. The van der Waals surface area contributed by atoms with Crippen LogP contribution in [-0.2, 0) is 14.4 Å². The summed E-state index contributed by atoms with van der Waals surface area (Å²) in [6, 6.07) is -0.923. The summed E-state index contributed by atoms with van der Waals surface area (Å²) >= 11 is 0. The molecule has 0 radical (unpaired) electrons. The van der Waals surface area contributed by atoms with Gasteiger partial charge in [0.25, 0.3) is 0 Å². The number of aliphatic carboxylic acids is 1. The van der Waals surface area contributed by atoms with Crippen LogP contribution in [0, 0.1) is 0 Å². The van der Waals surface area contributed by atoms with E-state index in [0.717, 1.165) is 18.7 Å². The number of amides is 1. The van der Waals surface area contributed by atoms with Gasteiger partial charge in [0, 0.05) is 6.08 Å². The first kappa shape index (κ1) is 16.3. The highest BCUT2D eigenvalue weighted by molar-refractivity contribution is 5.97. The van der Waals surface area contributed by atoms with Crippen molar-refractivity contribution in [3.63, 3.8) is 0 Å². The summed E-state index contributed by atoms with van der Waals surface area (Å²) in [6.45, 7) is 4.81. The van der Waals surface area contributed by atoms with Crippen molar-refractivity contribution in [2.45, 2.75) is 32.7 Å². The van der Waals surface area contributed by atoms with Crippen molar-refractivity contribution in [2.75, 3.05) is 13.1 Å². The van der Waals surface area contributed by atoms with Crippen LogP contribution < -0.4 is 10.6 Å². The molecule has 0 saturated heterocycles. The molecule has 102 valence electrons. The lowest BCUT2D eigenvalue weighted by Gasteiger charge is -2.13. The fourth-order valence-electron chi connectivity index (χ4n) is 1.28. The standard InChI is InChI=1S/C12H20N2O4/c1-3-13-8-4-5-10(12(17)18)14-11(16)7-6-9(2)15/h6-7,10,13H,3-5,8H2,1-2H3,(H,14,16)(H,17,18)/b7-6+/t10-/m1/s1. The van der Waals surface area contributed by atoms with E-state index in [2.05, 4.69) is 10.6 Å². The van der Waals surface area contributed by atoms with Crippen LogP contribution in [0.3, 0.4) is 0 Å². The van der Waals surface area contributed by atoms with E-state index in [1.165, 1.54) is 6.92 Å². The summed E-state index contributed by atoms with van der Waals surface area (Å²) in [5, 5.41) is 14.3. The summed E-state index contributed by atoms with van der Waals surface area (Å²) in [7, 11) is 0. The number of hydrogen-bond acceptors (Lipinski definition) is 4. The summed E-state index contributed by atoms with van der Waals surface area (Å²) in [6.07, 6.45) is 3.15. The predicted molar refractivity (Wildman–Crippen MR) is 67.2 cm³/mol. The van der Waals surface area contributed by atoms with E-state index in [-0.39, 0.29) is 5.78 Å². The molecule has 0 aliphatic rings. The fraction of sp³-hybridized carbons (Fsp3) is 0.583. The van der Waals surface area contributed by atoms with Gasteiger partial charge in [-0.3, -0.25) is 9.59 Å². The SMILES string of the molecule is CCNCCC[C@@H](NC(=O)/C=C/C(C)=O)C(=O)O. The highest BCUT2D eigenvalue weighted by Gasteiger charge is 2.17. The third-order valence-corrected chi connectivity index (χ3v) is 2.18. The Labute approximate surface area is 106 Å². The molecule has 0 aliphatic carbocycles. The molecule has 3 N–H and O–H groups in total. The van der Waals surface area contributed by atoms with Gasteiger partial charge in [-0.2, -0.15) is 0 Å². The number of rotatable bonds is 9. The number of ketones is 1. The van der Waals surface area contributed by atoms with Gasteiger partial charge >= 0.3 is 5.97 Å². The lowest BCUT2D eigenvalue weighted by atomic mass is 10.1. The number of nitrogens with one attached hydrogen (secondary N) is 2. The Kier molecular flexibility index (Phi) is 8.47. The Bertz CT molecular complexity index is 326. The third-order valence-electron chi connectivity index (χ3n) is 2.18. The van der Waals surface area contributed by atoms with E-state index in [1.807, 2.05) is 6.92 Å². The molecule has 0 aromatic carbocycles. The van der Waals surface area contributed by atoms with Gasteiger partial charge in [-0.15, -0.1) is 0 Å². The van der Waals surface area contributed by atoms with Gasteiger partial charge in [0.1, 0.15) is 6.04 Å². The van der Waals surface area contributed by atoms with E-state index in [0.29, 0.717) is 19.4 Å². The minimum atomic E-state index is -1.07. The number of carboxylic acids is 1. The van der Waals surface area contributed by atoms with Crippen molar-refractivity contribution in [1.82, 2.24) is 10.6 Å². The molecule has 0 aromatic heterocycles. The first-order valence-electron chi connectivity index (χ1n) is 5.90.